The van der Waals surface area contributed by atoms with Gasteiger partial charge in [0.25, 0.3) is 0 Å². The van der Waals surface area contributed by atoms with E-state index in [1.165, 1.54) is 44.9 Å². The van der Waals surface area contributed by atoms with Crippen LogP contribution in [0, 0.1) is 23.7 Å². The Morgan fingerprint density at radius 2 is 1.89 bits per heavy atom. The minimum atomic E-state index is 0.759. The Hall–Kier alpha value is -0.520. The largest absolute Gasteiger partial charge is 0.0917 e. The fourth-order valence-corrected chi connectivity index (χ4v) is 3.43. The second-order valence-electron chi connectivity index (χ2n) is 6.40. The average Bonchev–Trinajstić information content (AvgIpc) is 2.41. The summed E-state index contributed by atoms with van der Waals surface area (Å²) in [5.74, 6) is 3.76. The van der Waals surface area contributed by atoms with Crippen LogP contribution < -0.4 is 0 Å². The first-order chi connectivity index (χ1) is 9.22. The average molecular weight is 262 g/mol. The Bertz CT molecular complexity index is 274. The van der Waals surface area contributed by atoms with Gasteiger partial charge in [0, 0.05) is 0 Å². The van der Waals surface area contributed by atoms with E-state index in [9.17, 15) is 0 Å². The van der Waals surface area contributed by atoms with Gasteiger partial charge in [-0.25, -0.2) is 0 Å². The van der Waals surface area contributed by atoms with Gasteiger partial charge in [0.2, 0.25) is 0 Å². The van der Waals surface area contributed by atoms with E-state index in [2.05, 4.69) is 52.0 Å². The van der Waals surface area contributed by atoms with E-state index in [1.807, 2.05) is 0 Å². The van der Waals surface area contributed by atoms with Crippen molar-refractivity contribution >= 4 is 0 Å². The van der Waals surface area contributed by atoms with E-state index < -0.39 is 0 Å². The van der Waals surface area contributed by atoms with E-state index in [4.69, 9.17) is 0 Å². The van der Waals surface area contributed by atoms with Crippen molar-refractivity contribution in [2.75, 3.05) is 0 Å². The summed E-state index contributed by atoms with van der Waals surface area (Å²) in [6, 6.07) is 0. The van der Waals surface area contributed by atoms with Crippen LogP contribution in [-0.2, 0) is 0 Å². The number of hydrogen-bond acceptors (Lipinski definition) is 0. The molecule has 0 nitrogen and oxygen atoms in total. The van der Waals surface area contributed by atoms with Crippen LogP contribution in [0.3, 0.4) is 0 Å². The van der Waals surface area contributed by atoms with Gasteiger partial charge >= 0.3 is 0 Å². The molecule has 0 N–H and O–H groups in total. The Kier molecular flexibility index (Phi) is 8.18. The molecular formula is C19H34. The highest BCUT2D eigenvalue weighted by Crippen LogP contribution is 2.47. The highest BCUT2D eigenvalue weighted by atomic mass is 14.4. The topological polar surface area (TPSA) is 0 Å². The lowest BCUT2D eigenvalue weighted by molar-refractivity contribution is 0.0581. The van der Waals surface area contributed by atoms with Crippen molar-refractivity contribution in [3.63, 3.8) is 0 Å². The van der Waals surface area contributed by atoms with Gasteiger partial charge in [0.15, 0.2) is 0 Å². The molecule has 0 bridgehead atoms. The van der Waals surface area contributed by atoms with Gasteiger partial charge in [-0.2, -0.15) is 0 Å². The molecule has 110 valence electrons. The van der Waals surface area contributed by atoms with Crippen LogP contribution in [0.25, 0.3) is 0 Å². The maximum atomic E-state index is 2.46. The summed E-state index contributed by atoms with van der Waals surface area (Å²) < 4.78 is 0. The van der Waals surface area contributed by atoms with Crippen LogP contribution in [-0.4, -0.2) is 0 Å². The van der Waals surface area contributed by atoms with Crippen molar-refractivity contribution in [2.24, 2.45) is 23.7 Å². The van der Waals surface area contributed by atoms with Gasteiger partial charge in [0.1, 0.15) is 0 Å². The zero-order valence-electron chi connectivity index (χ0n) is 13.6. The van der Waals surface area contributed by atoms with Crippen molar-refractivity contribution in [3.8, 4) is 0 Å². The SMILES string of the molecule is CC=CCCC1CC(CC=CC(C)CC)C1CCC. The lowest BCUT2D eigenvalue weighted by Gasteiger charge is -2.45. The summed E-state index contributed by atoms with van der Waals surface area (Å²) in [4.78, 5) is 0. The fourth-order valence-electron chi connectivity index (χ4n) is 3.43. The standard InChI is InChI=1S/C19H34/c1-5-8-9-13-17-15-18(19(17)11-6-2)14-10-12-16(4)7-3/h5,8,10,12,16-19H,6-7,9,11,13-15H2,1-4H3. The second-order valence-corrected chi connectivity index (χ2v) is 6.40. The first-order valence-electron chi connectivity index (χ1n) is 8.50. The smallest absolute Gasteiger partial charge is 0.0265 e. The van der Waals surface area contributed by atoms with Crippen LogP contribution in [0.5, 0.6) is 0 Å². The normalized spacial score (nSPS) is 28.9. The lowest BCUT2D eigenvalue weighted by Crippen LogP contribution is -2.36. The van der Waals surface area contributed by atoms with Crippen molar-refractivity contribution in [1.82, 2.24) is 0 Å². The van der Waals surface area contributed by atoms with E-state index in [1.54, 1.807) is 0 Å². The molecule has 0 aromatic carbocycles. The van der Waals surface area contributed by atoms with Gasteiger partial charge in [-0.3, -0.25) is 0 Å². The molecular weight excluding hydrogens is 228 g/mol. The zero-order valence-corrected chi connectivity index (χ0v) is 13.6. The van der Waals surface area contributed by atoms with Crippen molar-refractivity contribution < 1.29 is 0 Å². The quantitative estimate of drug-likeness (QED) is 0.422. The molecule has 0 radical (unpaired) electrons. The van der Waals surface area contributed by atoms with Crippen molar-refractivity contribution in [1.29, 1.82) is 0 Å². The molecule has 4 unspecified atom stereocenters. The Morgan fingerprint density at radius 1 is 1.11 bits per heavy atom. The molecule has 19 heavy (non-hydrogen) atoms. The molecule has 0 heterocycles. The van der Waals surface area contributed by atoms with E-state index in [0.717, 1.165) is 23.7 Å². The van der Waals surface area contributed by atoms with Crippen molar-refractivity contribution in [3.05, 3.63) is 24.3 Å². The summed E-state index contributed by atoms with van der Waals surface area (Å²) in [5.41, 5.74) is 0. The minimum absolute atomic E-state index is 0.759. The van der Waals surface area contributed by atoms with Crippen LogP contribution in [0.2, 0.25) is 0 Å². The van der Waals surface area contributed by atoms with Gasteiger partial charge in [-0.1, -0.05) is 64.3 Å². The molecule has 1 aliphatic rings. The summed E-state index contributed by atoms with van der Waals surface area (Å²) in [6.07, 6.45) is 19.0. The van der Waals surface area contributed by atoms with Gasteiger partial charge in [0.05, 0.1) is 0 Å². The van der Waals surface area contributed by atoms with E-state index >= 15 is 0 Å². The van der Waals surface area contributed by atoms with Gasteiger partial charge in [-0.05, 0) is 56.3 Å². The molecule has 0 heteroatoms. The highest BCUT2D eigenvalue weighted by molar-refractivity contribution is 4.96. The van der Waals surface area contributed by atoms with Gasteiger partial charge < -0.3 is 0 Å². The molecule has 1 aliphatic carbocycles. The minimum Gasteiger partial charge on any atom is -0.0917 e. The van der Waals surface area contributed by atoms with E-state index in [-0.39, 0.29) is 0 Å². The highest BCUT2D eigenvalue weighted by Gasteiger charge is 2.38. The summed E-state index contributed by atoms with van der Waals surface area (Å²) in [5, 5.41) is 0. The monoisotopic (exact) mass is 262 g/mol. The molecule has 1 saturated carbocycles. The molecule has 4 atom stereocenters. The summed E-state index contributed by atoms with van der Waals surface area (Å²) in [6.45, 7) is 9.07. The third kappa shape index (κ3) is 5.55. The summed E-state index contributed by atoms with van der Waals surface area (Å²) >= 11 is 0. The molecule has 1 fully saturated rings. The fraction of sp³-hybridized carbons (Fsp3) is 0.789. The second kappa shape index (κ2) is 9.39. The number of allylic oxidation sites excluding steroid dienone is 4. The molecule has 0 spiro atoms. The lowest BCUT2D eigenvalue weighted by atomic mass is 9.60. The maximum absolute atomic E-state index is 2.46. The van der Waals surface area contributed by atoms with Crippen LogP contribution in [0.1, 0.15) is 72.6 Å². The van der Waals surface area contributed by atoms with Crippen LogP contribution >= 0.6 is 0 Å². The predicted octanol–water partition coefficient (Wildman–Crippen LogP) is 6.39. The predicted molar refractivity (Wildman–Crippen MR) is 87.3 cm³/mol. The number of rotatable bonds is 9. The number of hydrogen-bond donors (Lipinski definition) is 0. The first kappa shape index (κ1) is 16.5. The first-order valence-corrected chi connectivity index (χ1v) is 8.50. The summed E-state index contributed by atoms with van der Waals surface area (Å²) in [7, 11) is 0. The molecule has 0 amide bonds. The third-order valence-corrected chi connectivity index (χ3v) is 4.93. The van der Waals surface area contributed by atoms with E-state index in [0.29, 0.717) is 0 Å². The Labute approximate surface area is 121 Å². The maximum Gasteiger partial charge on any atom is -0.0265 e. The Morgan fingerprint density at radius 3 is 2.53 bits per heavy atom. The molecule has 1 rings (SSSR count). The van der Waals surface area contributed by atoms with Crippen LogP contribution in [0.4, 0.5) is 0 Å². The molecule has 0 saturated heterocycles. The zero-order chi connectivity index (χ0) is 14.1. The van der Waals surface area contributed by atoms with Crippen LogP contribution in [0.15, 0.2) is 24.3 Å². The molecule has 0 aliphatic heterocycles. The molecule has 0 aromatic heterocycles. The van der Waals surface area contributed by atoms with Gasteiger partial charge in [-0.15, -0.1) is 0 Å². The third-order valence-electron chi connectivity index (χ3n) is 4.93. The molecule has 0 aromatic rings. The van der Waals surface area contributed by atoms with Crippen molar-refractivity contribution in [2.45, 2.75) is 72.6 Å². The Balaban J connectivity index is 2.33.